The number of aryl methyl sites for hydroxylation is 1. The lowest BCUT2D eigenvalue weighted by Crippen LogP contribution is -2.29. The van der Waals surface area contributed by atoms with E-state index in [1.165, 1.54) is 0 Å². The van der Waals surface area contributed by atoms with Crippen LogP contribution in [0.3, 0.4) is 0 Å². The molecule has 2 aromatic heterocycles. The first-order valence-corrected chi connectivity index (χ1v) is 10.7. The average molecular weight is 463 g/mol. The molecule has 0 atom stereocenters. The highest BCUT2D eigenvalue weighted by Gasteiger charge is 2.16. The molecule has 3 rings (SSSR count). The highest BCUT2D eigenvalue weighted by molar-refractivity contribution is 9.10. The first kappa shape index (κ1) is 20.2. The number of nitrogens with zero attached hydrogens (tertiary/aromatic N) is 3. The maximum Gasteiger partial charge on any atom is 0.241 e. The Balaban J connectivity index is 1.49. The molecule has 8 nitrogen and oxygen atoms in total. The van der Waals surface area contributed by atoms with Crippen LogP contribution in [0.5, 0.6) is 0 Å². The number of rotatable bonds is 8. The first-order valence-electron chi connectivity index (χ1n) is 8.45. The second-order valence-corrected chi connectivity index (χ2v) is 8.49. The van der Waals surface area contributed by atoms with Crippen LogP contribution in [0.4, 0.5) is 17.5 Å². The van der Waals surface area contributed by atoms with Crippen LogP contribution in [0.2, 0.25) is 0 Å². The Morgan fingerprint density at radius 1 is 0.964 bits per heavy atom. The van der Waals surface area contributed by atoms with Crippen LogP contribution in [0.25, 0.3) is 0 Å². The van der Waals surface area contributed by atoms with Gasteiger partial charge in [0.1, 0.15) is 11.6 Å². The Bertz CT molecular complexity index is 1040. The molecule has 0 aliphatic carbocycles. The van der Waals surface area contributed by atoms with E-state index in [4.69, 9.17) is 0 Å². The third-order valence-electron chi connectivity index (χ3n) is 3.69. The average Bonchev–Trinajstić information content (AvgIpc) is 2.67. The fourth-order valence-electron chi connectivity index (χ4n) is 2.35. The third-order valence-corrected chi connectivity index (χ3v) is 6.16. The zero-order chi connectivity index (χ0) is 20.0. The number of nitrogens with one attached hydrogen (secondary N) is 3. The van der Waals surface area contributed by atoms with Gasteiger partial charge in [-0.05, 0) is 64.8 Å². The molecule has 3 aromatic rings. The van der Waals surface area contributed by atoms with E-state index in [9.17, 15) is 8.42 Å². The molecule has 0 fully saturated rings. The van der Waals surface area contributed by atoms with E-state index in [0.29, 0.717) is 28.5 Å². The molecule has 10 heteroatoms. The van der Waals surface area contributed by atoms with Gasteiger partial charge in [0, 0.05) is 23.8 Å². The Morgan fingerprint density at radius 2 is 1.71 bits per heavy atom. The van der Waals surface area contributed by atoms with E-state index < -0.39 is 10.0 Å². The van der Waals surface area contributed by atoms with Crippen LogP contribution in [0.15, 0.2) is 64.1 Å². The smallest absolute Gasteiger partial charge is 0.241 e. The number of sulfonamides is 1. The van der Waals surface area contributed by atoms with Gasteiger partial charge >= 0.3 is 0 Å². The number of aromatic nitrogens is 3. The van der Waals surface area contributed by atoms with Gasteiger partial charge in [0.25, 0.3) is 0 Å². The normalized spacial score (nSPS) is 11.2. The van der Waals surface area contributed by atoms with Crippen molar-refractivity contribution in [2.24, 2.45) is 0 Å². The number of halogens is 1. The molecule has 146 valence electrons. The van der Waals surface area contributed by atoms with Crippen LogP contribution in [0, 0.1) is 6.92 Å². The minimum absolute atomic E-state index is 0.204. The monoisotopic (exact) mass is 462 g/mol. The summed E-state index contributed by atoms with van der Waals surface area (Å²) in [6.45, 7) is 2.55. The third kappa shape index (κ3) is 5.47. The summed E-state index contributed by atoms with van der Waals surface area (Å²) in [7, 11) is -3.58. The van der Waals surface area contributed by atoms with Gasteiger partial charge in [0.05, 0.1) is 4.90 Å². The van der Waals surface area contributed by atoms with E-state index in [1.807, 2.05) is 19.1 Å². The van der Waals surface area contributed by atoms with Crippen LogP contribution >= 0.6 is 15.9 Å². The summed E-state index contributed by atoms with van der Waals surface area (Å²) in [5.41, 5.74) is 1.09. The number of anilines is 3. The van der Waals surface area contributed by atoms with E-state index in [1.54, 1.807) is 42.6 Å². The number of hydrogen-bond donors (Lipinski definition) is 3. The minimum Gasteiger partial charge on any atom is -0.367 e. The van der Waals surface area contributed by atoms with Crippen molar-refractivity contribution in [2.45, 2.75) is 11.8 Å². The number of benzene rings is 1. The lowest BCUT2D eigenvalue weighted by atomic mass is 10.3. The molecule has 0 radical (unpaired) electrons. The van der Waals surface area contributed by atoms with Crippen molar-refractivity contribution in [1.82, 2.24) is 19.9 Å². The van der Waals surface area contributed by atoms with E-state index in [2.05, 4.69) is 46.5 Å². The van der Waals surface area contributed by atoms with E-state index >= 15 is 0 Å². The molecule has 0 unspecified atom stereocenters. The molecule has 0 saturated carbocycles. The molecule has 0 aliphatic rings. The Kier molecular flexibility index (Phi) is 6.55. The summed E-state index contributed by atoms with van der Waals surface area (Å²) in [4.78, 5) is 4.41. The Morgan fingerprint density at radius 3 is 2.43 bits per heavy atom. The van der Waals surface area contributed by atoms with Gasteiger partial charge < -0.3 is 10.6 Å². The summed E-state index contributed by atoms with van der Waals surface area (Å²) < 4.78 is 27.7. The summed E-state index contributed by atoms with van der Waals surface area (Å²) >= 11 is 3.25. The molecule has 0 spiro atoms. The Labute approximate surface area is 172 Å². The van der Waals surface area contributed by atoms with Gasteiger partial charge in [-0.15, -0.1) is 10.2 Å². The van der Waals surface area contributed by atoms with Crippen molar-refractivity contribution in [3.63, 3.8) is 0 Å². The van der Waals surface area contributed by atoms with Crippen molar-refractivity contribution < 1.29 is 8.42 Å². The molecule has 1 aromatic carbocycles. The van der Waals surface area contributed by atoms with Crippen molar-refractivity contribution >= 4 is 43.4 Å². The quantitative estimate of drug-likeness (QED) is 0.441. The van der Waals surface area contributed by atoms with Crippen LogP contribution in [-0.4, -0.2) is 36.7 Å². The molecule has 28 heavy (non-hydrogen) atoms. The standard InChI is InChI=1S/C18H19BrN6O2S/c1-13-8-9-20-18(12-13)23-17-7-6-16(24-25-17)21-10-11-22-28(26,27)15-5-3-2-4-14(15)19/h2-9,12,22H,10-11H2,1H3,(H,21,24)(H,20,23,25). The maximum absolute atomic E-state index is 12.3. The Hall–Kier alpha value is -2.56. The van der Waals surface area contributed by atoms with Gasteiger partial charge in [-0.1, -0.05) is 12.1 Å². The van der Waals surface area contributed by atoms with Gasteiger partial charge in [0.15, 0.2) is 5.82 Å². The first-order chi connectivity index (χ1) is 13.4. The fraction of sp³-hybridized carbons (Fsp3) is 0.167. The highest BCUT2D eigenvalue weighted by atomic mass is 79.9. The molecular weight excluding hydrogens is 444 g/mol. The van der Waals surface area contributed by atoms with Crippen LogP contribution in [0.1, 0.15) is 5.56 Å². The molecule has 0 bridgehead atoms. The molecule has 2 heterocycles. The molecular formula is C18H19BrN6O2S. The number of pyridine rings is 1. The van der Waals surface area contributed by atoms with Crippen LogP contribution in [-0.2, 0) is 10.0 Å². The SMILES string of the molecule is Cc1ccnc(Nc2ccc(NCCNS(=O)(=O)c3ccccc3Br)nn2)c1. The van der Waals surface area contributed by atoms with Gasteiger partial charge in [0.2, 0.25) is 10.0 Å². The van der Waals surface area contributed by atoms with Gasteiger partial charge in [-0.2, -0.15) is 0 Å². The second-order valence-electron chi connectivity index (χ2n) is 5.90. The molecule has 3 N–H and O–H groups in total. The highest BCUT2D eigenvalue weighted by Crippen LogP contribution is 2.20. The van der Waals surface area contributed by atoms with E-state index in [-0.39, 0.29) is 11.4 Å². The summed E-state index contributed by atoms with van der Waals surface area (Å²) in [5, 5.41) is 14.3. The van der Waals surface area contributed by atoms with Gasteiger partial charge in [-0.3, -0.25) is 0 Å². The maximum atomic E-state index is 12.3. The minimum atomic E-state index is -3.58. The fourth-order valence-corrected chi connectivity index (χ4v) is 4.38. The van der Waals surface area contributed by atoms with Gasteiger partial charge in [-0.25, -0.2) is 18.1 Å². The number of hydrogen-bond acceptors (Lipinski definition) is 7. The lowest BCUT2D eigenvalue weighted by Gasteiger charge is -2.10. The zero-order valence-electron chi connectivity index (χ0n) is 15.1. The predicted molar refractivity (Wildman–Crippen MR) is 112 cm³/mol. The van der Waals surface area contributed by atoms with Crippen molar-refractivity contribution in [3.8, 4) is 0 Å². The van der Waals surface area contributed by atoms with Crippen molar-refractivity contribution in [2.75, 3.05) is 23.7 Å². The predicted octanol–water partition coefficient (Wildman–Crippen LogP) is 3.08. The summed E-state index contributed by atoms with van der Waals surface area (Å²) in [6.07, 6.45) is 1.72. The molecule has 0 saturated heterocycles. The second kappa shape index (κ2) is 9.09. The van der Waals surface area contributed by atoms with Crippen LogP contribution < -0.4 is 15.4 Å². The summed E-state index contributed by atoms with van der Waals surface area (Å²) in [6, 6.07) is 14.0. The molecule has 0 aliphatic heterocycles. The van der Waals surface area contributed by atoms with E-state index in [0.717, 1.165) is 5.56 Å². The molecule has 0 amide bonds. The topological polar surface area (TPSA) is 109 Å². The largest absolute Gasteiger partial charge is 0.367 e. The van der Waals surface area contributed by atoms with Crippen molar-refractivity contribution in [1.29, 1.82) is 0 Å². The zero-order valence-corrected chi connectivity index (χ0v) is 17.5. The summed E-state index contributed by atoms with van der Waals surface area (Å²) in [5.74, 6) is 1.80. The van der Waals surface area contributed by atoms with Crippen molar-refractivity contribution in [3.05, 3.63) is 64.8 Å². The lowest BCUT2D eigenvalue weighted by molar-refractivity contribution is 0.582.